The monoisotopic (exact) mass is 581 g/mol. The van der Waals surface area contributed by atoms with Crippen molar-refractivity contribution >= 4 is 33.5 Å². The SMILES string of the molecule is C=C1C=C[C@]2(C)C(=C1)CC[C@@H]1[C@H]3C[C@H](C)[C@@](O)(C(=O)COC(=O)NCCSSC(C)(C)C)[C@]3(C)C[C@@H](O)[C@]12F. The van der Waals surface area contributed by atoms with Crippen LogP contribution in [0.2, 0.25) is 0 Å². The van der Waals surface area contributed by atoms with Crippen LogP contribution in [0.3, 0.4) is 0 Å². The third-order valence-electron chi connectivity index (χ3n) is 9.84. The second-order valence-electron chi connectivity index (χ2n) is 13.3. The quantitative estimate of drug-likeness (QED) is 0.258. The molecular weight excluding hydrogens is 537 g/mol. The summed E-state index contributed by atoms with van der Waals surface area (Å²) >= 11 is 0. The van der Waals surface area contributed by atoms with Gasteiger partial charge in [-0.15, -0.1) is 0 Å². The van der Waals surface area contributed by atoms with Crippen LogP contribution in [0.5, 0.6) is 0 Å². The highest BCUT2D eigenvalue weighted by molar-refractivity contribution is 8.77. The molecule has 0 aromatic carbocycles. The number of hydrogen-bond donors (Lipinski definition) is 3. The molecule has 39 heavy (non-hydrogen) atoms. The average molecular weight is 582 g/mol. The number of halogens is 1. The first-order chi connectivity index (χ1) is 18.0. The molecule has 4 rings (SSSR count). The molecule has 0 unspecified atom stereocenters. The third-order valence-corrected chi connectivity index (χ3v) is 13.2. The number of alkyl carbamates (subject to hydrolysis) is 1. The lowest BCUT2D eigenvalue weighted by Gasteiger charge is -2.62. The van der Waals surface area contributed by atoms with Crippen molar-refractivity contribution in [2.45, 2.75) is 89.3 Å². The van der Waals surface area contributed by atoms with Crippen LogP contribution in [-0.2, 0) is 9.53 Å². The summed E-state index contributed by atoms with van der Waals surface area (Å²) < 4.78 is 22.6. The molecule has 9 heteroatoms. The van der Waals surface area contributed by atoms with E-state index in [9.17, 15) is 19.8 Å². The zero-order valence-electron chi connectivity index (χ0n) is 24.0. The molecule has 218 valence electrons. The van der Waals surface area contributed by atoms with Crippen LogP contribution in [0.1, 0.15) is 67.2 Å². The minimum atomic E-state index is -1.92. The number of carbonyl (C=O) groups is 2. The number of fused-ring (bicyclic) bond motifs is 5. The maximum atomic E-state index is 17.3. The first kappa shape index (κ1) is 30.7. The molecule has 3 fully saturated rings. The molecule has 0 saturated heterocycles. The summed E-state index contributed by atoms with van der Waals surface area (Å²) in [7, 11) is 3.37. The van der Waals surface area contributed by atoms with Gasteiger partial charge in [0.2, 0.25) is 5.78 Å². The van der Waals surface area contributed by atoms with Gasteiger partial charge in [-0.3, -0.25) is 4.79 Å². The fraction of sp³-hybridized carbons (Fsp3) is 0.733. The van der Waals surface area contributed by atoms with E-state index in [1.165, 1.54) is 0 Å². The highest BCUT2D eigenvalue weighted by Crippen LogP contribution is 2.70. The van der Waals surface area contributed by atoms with Gasteiger partial charge in [-0.05, 0) is 50.0 Å². The number of nitrogens with one attached hydrogen (secondary N) is 1. The van der Waals surface area contributed by atoms with E-state index in [0.29, 0.717) is 31.6 Å². The smallest absolute Gasteiger partial charge is 0.407 e. The van der Waals surface area contributed by atoms with E-state index in [1.54, 1.807) is 35.4 Å². The molecule has 0 spiro atoms. The maximum absolute atomic E-state index is 17.3. The maximum Gasteiger partial charge on any atom is 0.407 e. The number of alkyl halides is 1. The Bertz CT molecular complexity index is 1090. The highest BCUT2D eigenvalue weighted by atomic mass is 33.1. The summed E-state index contributed by atoms with van der Waals surface area (Å²) in [6.07, 6.45) is 5.11. The minimum absolute atomic E-state index is 0.0518. The largest absolute Gasteiger partial charge is 0.441 e. The van der Waals surface area contributed by atoms with Gasteiger partial charge in [0.05, 0.1) is 6.10 Å². The summed E-state index contributed by atoms with van der Waals surface area (Å²) in [6.45, 7) is 15.6. The number of ether oxygens (including phenoxy) is 1. The van der Waals surface area contributed by atoms with Gasteiger partial charge in [-0.25, -0.2) is 9.18 Å². The van der Waals surface area contributed by atoms with Gasteiger partial charge in [-0.1, -0.05) is 86.6 Å². The standard InChI is InChI=1S/C30H44FNO5S2/c1-18-10-11-27(6)20(14-18)8-9-21-22-15-19(2)30(36,28(22,7)16-23(33)29(21,27)31)24(34)17-37-25(35)32-12-13-38-39-26(3,4)5/h10-11,14,19,21-23,33,36H,1,8-9,12-13,15-17H2,2-7H3,(H,32,35)/t19-,21+,22+,23+,27+,28+,29+,30+/m0/s1. The van der Waals surface area contributed by atoms with E-state index in [2.05, 4.69) is 32.7 Å². The molecule has 3 N–H and O–H groups in total. The van der Waals surface area contributed by atoms with E-state index >= 15 is 4.39 Å². The summed E-state index contributed by atoms with van der Waals surface area (Å²) in [5, 5.41) is 26.1. The summed E-state index contributed by atoms with van der Waals surface area (Å²) in [5.74, 6) is -1.21. The lowest BCUT2D eigenvalue weighted by atomic mass is 9.44. The zero-order valence-corrected chi connectivity index (χ0v) is 25.6. The molecule has 1 amide bonds. The van der Waals surface area contributed by atoms with Crippen molar-refractivity contribution in [1.29, 1.82) is 0 Å². The fourth-order valence-electron chi connectivity index (χ4n) is 7.92. The van der Waals surface area contributed by atoms with Crippen molar-refractivity contribution in [3.05, 3.63) is 36.0 Å². The average Bonchev–Trinajstić information content (AvgIpc) is 3.04. The van der Waals surface area contributed by atoms with Crippen LogP contribution in [-0.4, -0.2) is 63.1 Å². The molecule has 0 heterocycles. The van der Waals surface area contributed by atoms with Gasteiger partial charge in [-0.2, -0.15) is 0 Å². The highest BCUT2D eigenvalue weighted by Gasteiger charge is 2.75. The Morgan fingerprint density at radius 3 is 2.64 bits per heavy atom. The second-order valence-corrected chi connectivity index (χ2v) is 16.5. The first-order valence-electron chi connectivity index (χ1n) is 13.9. The van der Waals surface area contributed by atoms with Crippen molar-refractivity contribution in [1.82, 2.24) is 5.32 Å². The Morgan fingerprint density at radius 2 is 1.97 bits per heavy atom. The predicted molar refractivity (Wildman–Crippen MR) is 156 cm³/mol. The first-order valence-corrected chi connectivity index (χ1v) is 16.3. The van der Waals surface area contributed by atoms with Crippen LogP contribution in [0.15, 0.2) is 36.0 Å². The molecule has 0 aromatic rings. The fourth-order valence-corrected chi connectivity index (χ4v) is 10.1. The van der Waals surface area contributed by atoms with Crippen molar-refractivity contribution in [2.24, 2.45) is 28.6 Å². The van der Waals surface area contributed by atoms with E-state index in [4.69, 9.17) is 4.74 Å². The Hall–Kier alpha value is -1.29. The summed E-state index contributed by atoms with van der Waals surface area (Å²) in [6, 6.07) is 0. The van der Waals surface area contributed by atoms with Crippen LogP contribution in [0.4, 0.5) is 9.18 Å². The lowest BCUT2D eigenvalue weighted by molar-refractivity contribution is -0.219. The van der Waals surface area contributed by atoms with E-state index in [-0.39, 0.29) is 17.1 Å². The zero-order chi connectivity index (χ0) is 29.0. The number of allylic oxidation sites excluding steroid dienone is 5. The number of aliphatic hydroxyl groups is 2. The van der Waals surface area contributed by atoms with Crippen molar-refractivity contribution in [2.75, 3.05) is 18.9 Å². The Kier molecular flexibility index (Phi) is 8.27. The van der Waals surface area contributed by atoms with Gasteiger partial charge in [0.1, 0.15) is 5.60 Å². The number of hydrogen-bond acceptors (Lipinski definition) is 7. The van der Waals surface area contributed by atoms with Crippen molar-refractivity contribution < 1.29 is 28.9 Å². The Morgan fingerprint density at radius 1 is 1.28 bits per heavy atom. The number of ketones is 1. The van der Waals surface area contributed by atoms with Crippen LogP contribution >= 0.6 is 21.6 Å². The van der Waals surface area contributed by atoms with Crippen molar-refractivity contribution in [3.8, 4) is 0 Å². The molecule has 0 bridgehead atoms. The van der Waals surface area contributed by atoms with Gasteiger partial charge >= 0.3 is 6.09 Å². The molecule has 4 aliphatic carbocycles. The molecule has 6 nitrogen and oxygen atoms in total. The Labute approximate surface area is 240 Å². The number of rotatable bonds is 7. The van der Waals surface area contributed by atoms with Crippen LogP contribution in [0.25, 0.3) is 0 Å². The van der Waals surface area contributed by atoms with Crippen molar-refractivity contribution in [3.63, 3.8) is 0 Å². The molecule has 4 aliphatic rings. The Balaban J connectivity index is 1.46. The molecular formula is C30H44FNO5S2. The number of Topliss-reactive ketones (excluding diaryl/α,β-unsaturated/α-hetero) is 1. The van der Waals surface area contributed by atoms with E-state index in [0.717, 1.165) is 11.1 Å². The lowest BCUT2D eigenvalue weighted by Crippen LogP contribution is -2.69. The number of aliphatic hydroxyl groups excluding tert-OH is 1. The van der Waals surface area contributed by atoms with Gasteiger partial charge in [0.15, 0.2) is 12.3 Å². The van der Waals surface area contributed by atoms with Crippen LogP contribution < -0.4 is 5.32 Å². The third kappa shape index (κ3) is 4.93. The molecule has 0 radical (unpaired) electrons. The number of amides is 1. The topological polar surface area (TPSA) is 95.9 Å². The van der Waals surface area contributed by atoms with E-state index < -0.39 is 58.5 Å². The predicted octanol–water partition coefficient (Wildman–Crippen LogP) is 5.80. The molecule has 0 aromatic heterocycles. The minimum Gasteiger partial charge on any atom is -0.441 e. The van der Waals surface area contributed by atoms with Gasteiger partial charge < -0.3 is 20.3 Å². The molecule has 0 aliphatic heterocycles. The second kappa shape index (κ2) is 10.5. The van der Waals surface area contributed by atoms with Gasteiger partial charge in [0, 0.05) is 33.8 Å². The summed E-state index contributed by atoms with van der Waals surface area (Å²) in [4.78, 5) is 25.8. The number of carbonyl (C=O) groups excluding carboxylic acids is 2. The van der Waals surface area contributed by atoms with E-state index in [1.807, 2.05) is 25.2 Å². The normalized spacial score (nSPS) is 41.3. The summed E-state index contributed by atoms with van der Waals surface area (Å²) in [5.41, 5.74) is -4.04. The molecule has 3 saturated carbocycles. The molecule has 8 atom stereocenters. The van der Waals surface area contributed by atoms with Crippen LogP contribution in [0, 0.1) is 28.6 Å². The van der Waals surface area contributed by atoms with Gasteiger partial charge in [0.25, 0.3) is 0 Å².